The smallest absolute Gasteiger partial charge is 0.309 e. The molecule has 0 spiro atoms. The maximum absolute atomic E-state index is 12.0. The highest BCUT2D eigenvalue weighted by Crippen LogP contribution is 2.23. The van der Waals surface area contributed by atoms with E-state index in [1.807, 2.05) is 0 Å². The van der Waals surface area contributed by atoms with Crippen LogP contribution >= 0.6 is 23.2 Å². The quantitative estimate of drug-likeness (QED) is 0.781. The Bertz CT molecular complexity index is 569. The molecule has 0 aliphatic carbocycles. The zero-order chi connectivity index (χ0) is 14.6. The molecule has 0 saturated carbocycles. The minimum atomic E-state index is -3.45. The third-order valence-electron chi connectivity index (χ3n) is 2.50. The normalized spacial score (nSPS) is 13.1. The fourth-order valence-electron chi connectivity index (χ4n) is 1.58. The van der Waals surface area contributed by atoms with Crippen LogP contribution in [0, 0.1) is 5.92 Å². The van der Waals surface area contributed by atoms with E-state index in [1.54, 1.807) is 12.1 Å². The van der Waals surface area contributed by atoms with Gasteiger partial charge < -0.3 is 4.74 Å². The van der Waals surface area contributed by atoms with Crippen LogP contribution < -0.4 is 0 Å². The summed E-state index contributed by atoms with van der Waals surface area (Å²) in [5.74, 6) is -1.77. The van der Waals surface area contributed by atoms with Gasteiger partial charge in [0.15, 0.2) is 9.84 Å². The van der Waals surface area contributed by atoms with E-state index in [1.165, 1.54) is 20.1 Å². The summed E-state index contributed by atoms with van der Waals surface area (Å²) in [5.41, 5.74) is 0.461. The maximum atomic E-state index is 12.0. The predicted octanol–water partition coefficient (Wildman–Crippen LogP) is 2.72. The summed E-state index contributed by atoms with van der Waals surface area (Å²) in [6.07, 6.45) is 0. The van der Waals surface area contributed by atoms with E-state index in [4.69, 9.17) is 23.2 Å². The number of methoxy groups -OCH3 is 1. The zero-order valence-electron chi connectivity index (χ0n) is 10.5. The molecule has 0 aromatic heterocycles. The molecule has 4 nitrogen and oxygen atoms in total. The van der Waals surface area contributed by atoms with Crippen molar-refractivity contribution < 1.29 is 17.9 Å². The molecule has 1 aromatic carbocycles. The molecule has 0 bridgehead atoms. The molecule has 1 unspecified atom stereocenters. The molecule has 0 radical (unpaired) electrons. The molecule has 106 valence electrons. The number of hydrogen-bond donors (Lipinski definition) is 0. The lowest BCUT2D eigenvalue weighted by Crippen LogP contribution is -2.23. The van der Waals surface area contributed by atoms with Gasteiger partial charge in [-0.1, -0.05) is 36.2 Å². The van der Waals surface area contributed by atoms with Gasteiger partial charge in [0.05, 0.1) is 24.5 Å². The lowest BCUT2D eigenvalue weighted by atomic mass is 10.2. The van der Waals surface area contributed by atoms with E-state index >= 15 is 0 Å². The number of halogens is 2. The summed E-state index contributed by atoms with van der Waals surface area (Å²) in [4.78, 5) is 11.2. The van der Waals surface area contributed by atoms with Gasteiger partial charge in [0, 0.05) is 10.0 Å². The molecule has 0 aliphatic heterocycles. The summed E-state index contributed by atoms with van der Waals surface area (Å²) in [5, 5.41) is 0.732. The van der Waals surface area contributed by atoms with E-state index in [9.17, 15) is 13.2 Å². The van der Waals surface area contributed by atoms with Crippen molar-refractivity contribution in [2.45, 2.75) is 12.7 Å². The van der Waals surface area contributed by atoms with Crippen molar-refractivity contribution in [2.24, 2.45) is 5.92 Å². The van der Waals surface area contributed by atoms with E-state index in [0.29, 0.717) is 15.6 Å². The maximum Gasteiger partial charge on any atom is 0.309 e. The topological polar surface area (TPSA) is 60.4 Å². The van der Waals surface area contributed by atoms with Crippen molar-refractivity contribution in [1.29, 1.82) is 0 Å². The van der Waals surface area contributed by atoms with Gasteiger partial charge in [0.2, 0.25) is 0 Å². The minimum Gasteiger partial charge on any atom is -0.469 e. The number of ether oxygens (including phenoxy) is 1. The zero-order valence-corrected chi connectivity index (χ0v) is 12.8. The SMILES string of the molecule is COC(=O)C(C)CS(=O)(=O)Cc1ccc(Cl)cc1Cl. The van der Waals surface area contributed by atoms with Gasteiger partial charge in [0.25, 0.3) is 0 Å². The number of rotatable bonds is 5. The molecule has 0 fully saturated rings. The van der Waals surface area contributed by atoms with E-state index in [2.05, 4.69) is 4.74 Å². The van der Waals surface area contributed by atoms with Gasteiger partial charge in [-0.3, -0.25) is 4.79 Å². The Labute approximate surface area is 122 Å². The number of hydrogen-bond acceptors (Lipinski definition) is 4. The lowest BCUT2D eigenvalue weighted by molar-refractivity contribution is -0.144. The molecule has 0 N–H and O–H groups in total. The highest BCUT2D eigenvalue weighted by Gasteiger charge is 2.23. The Kier molecular flexibility index (Phi) is 5.64. The second kappa shape index (κ2) is 6.59. The summed E-state index contributed by atoms with van der Waals surface area (Å²) in [6.45, 7) is 1.51. The molecular formula is C12H14Cl2O4S. The van der Waals surface area contributed by atoms with E-state index < -0.39 is 21.7 Å². The van der Waals surface area contributed by atoms with E-state index in [0.717, 1.165) is 0 Å². The second-order valence-electron chi connectivity index (χ2n) is 4.21. The fraction of sp³-hybridized carbons (Fsp3) is 0.417. The number of benzene rings is 1. The number of esters is 1. The molecule has 1 rings (SSSR count). The average molecular weight is 325 g/mol. The van der Waals surface area contributed by atoms with Crippen LogP contribution in [0.25, 0.3) is 0 Å². The van der Waals surface area contributed by atoms with Crippen molar-refractivity contribution in [1.82, 2.24) is 0 Å². The molecule has 0 aliphatic rings. The summed E-state index contributed by atoms with van der Waals surface area (Å²) >= 11 is 11.7. The first-order chi connectivity index (χ1) is 8.75. The van der Waals surface area contributed by atoms with Gasteiger partial charge in [-0.2, -0.15) is 0 Å². The highest BCUT2D eigenvalue weighted by atomic mass is 35.5. The number of carbonyl (C=O) groups excluding carboxylic acids is 1. The first-order valence-electron chi connectivity index (χ1n) is 5.47. The highest BCUT2D eigenvalue weighted by molar-refractivity contribution is 7.90. The first kappa shape index (κ1) is 16.3. The molecule has 0 heterocycles. The van der Waals surface area contributed by atoms with Crippen LogP contribution in [0.5, 0.6) is 0 Å². The Morgan fingerprint density at radius 2 is 2.00 bits per heavy atom. The molecule has 0 amide bonds. The van der Waals surface area contributed by atoms with Gasteiger partial charge in [0.1, 0.15) is 0 Å². The first-order valence-corrected chi connectivity index (χ1v) is 8.05. The fourth-order valence-corrected chi connectivity index (χ4v) is 3.88. The molecule has 19 heavy (non-hydrogen) atoms. The van der Waals surface area contributed by atoms with Crippen LogP contribution in [0.4, 0.5) is 0 Å². The summed E-state index contributed by atoms with van der Waals surface area (Å²) in [7, 11) is -2.23. The van der Waals surface area contributed by atoms with Crippen molar-refractivity contribution in [3.8, 4) is 0 Å². The Morgan fingerprint density at radius 1 is 1.37 bits per heavy atom. The Hall–Kier alpha value is -0.780. The van der Waals surface area contributed by atoms with Gasteiger partial charge in [-0.15, -0.1) is 0 Å². The van der Waals surface area contributed by atoms with Crippen molar-refractivity contribution in [3.63, 3.8) is 0 Å². The molecule has 1 aromatic rings. The van der Waals surface area contributed by atoms with Gasteiger partial charge >= 0.3 is 5.97 Å². The van der Waals surface area contributed by atoms with Gasteiger partial charge in [-0.05, 0) is 17.7 Å². The standard InChI is InChI=1S/C12H14Cl2O4S/c1-8(12(15)18-2)6-19(16,17)7-9-3-4-10(13)5-11(9)14/h3-5,8H,6-7H2,1-2H3. The van der Waals surface area contributed by atoms with Crippen molar-refractivity contribution >= 4 is 39.0 Å². The molecule has 7 heteroatoms. The van der Waals surface area contributed by atoms with Gasteiger partial charge in [-0.25, -0.2) is 8.42 Å². The van der Waals surface area contributed by atoms with Crippen LogP contribution in [0.15, 0.2) is 18.2 Å². The summed E-state index contributed by atoms with van der Waals surface area (Å²) < 4.78 is 28.4. The third kappa shape index (κ3) is 5.01. The Morgan fingerprint density at radius 3 is 2.53 bits per heavy atom. The second-order valence-corrected chi connectivity index (χ2v) is 7.17. The number of sulfone groups is 1. The minimum absolute atomic E-state index is 0.232. The van der Waals surface area contributed by atoms with Crippen molar-refractivity contribution in [3.05, 3.63) is 33.8 Å². The molecule has 0 saturated heterocycles. The monoisotopic (exact) mass is 324 g/mol. The number of carbonyl (C=O) groups is 1. The van der Waals surface area contributed by atoms with Crippen LogP contribution in [-0.4, -0.2) is 27.2 Å². The van der Waals surface area contributed by atoms with Crippen LogP contribution in [-0.2, 0) is 25.1 Å². The Balaban J connectivity index is 2.82. The van der Waals surface area contributed by atoms with Crippen LogP contribution in [0.3, 0.4) is 0 Å². The predicted molar refractivity (Wildman–Crippen MR) is 75.1 cm³/mol. The third-order valence-corrected chi connectivity index (χ3v) is 4.84. The molecular weight excluding hydrogens is 311 g/mol. The lowest BCUT2D eigenvalue weighted by Gasteiger charge is -2.10. The van der Waals surface area contributed by atoms with Crippen molar-refractivity contribution in [2.75, 3.05) is 12.9 Å². The largest absolute Gasteiger partial charge is 0.469 e. The van der Waals surface area contributed by atoms with Crippen LogP contribution in [0.2, 0.25) is 10.0 Å². The molecule has 1 atom stereocenters. The van der Waals surface area contributed by atoms with Crippen LogP contribution in [0.1, 0.15) is 12.5 Å². The average Bonchev–Trinajstić information content (AvgIpc) is 2.31. The summed E-state index contributed by atoms with van der Waals surface area (Å²) in [6, 6.07) is 4.62. The van der Waals surface area contributed by atoms with E-state index in [-0.39, 0.29) is 11.5 Å².